The van der Waals surface area contributed by atoms with E-state index in [4.69, 9.17) is 9.84 Å². The SMILES string of the molecule is O=C(NCc1nc(C(=O)N2CC=C(C(=O)O)CC2)cs1)OCC1c2ccccc2-c2ccccc21. The van der Waals surface area contributed by atoms with Crippen LogP contribution >= 0.6 is 11.3 Å². The third-order valence-corrected chi connectivity index (χ3v) is 7.12. The van der Waals surface area contributed by atoms with Crippen LogP contribution < -0.4 is 5.32 Å². The number of hydrogen-bond acceptors (Lipinski definition) is 6. The van der Waals surface area contributed by atoms with Crippen LogP contribution in [0.15, 0.2) is 65.6 Å². The molecule has 0 spiro atoms. The number of aliphatic carboxylic acids is 1. The second kappa shape index (κ2) is 9.71. The number of alkyl carbamates (subject to hydrolysis) is 1. The highest BCUT2D eigenvalue weighted by Crippen LogP contribution is 2.44. The number of fused-ring (bicyclic) bond motifs is 3. The van der Waals surface area contributed by atoms with Gasteiger partial charge in [-0.25, -0.2) is 14.6 Å². The van der Waals surface area contributed by atoms with Gasteiger partial charge in [0.05, 0.1) is 6.54 Å². The zero-order valence-corrected chi connectivity index (χ0v) is 19.6. The van der Waals surface area contributed by atoms with Gasteiger partial charge < -0.3 is 20.1 Å². The Morgan fingerprint density at radius 2 is 1.77 bits per heavy atom. The number of rotatable bonds is 6. The third-order valence-electron chi connectivity index (χ3n) is 6.27. The van der Waals surface area contributed by atoms with E-state index in [0.717, 1.165) is 11.1 Å². The normalized spacial score (nSPS) is 14.6. The number of carboxylic acids is 1. The zero-order chi connectivity index (χ0) is 24.4. The largest absolute Gasteiger partial charge is 0.478 e. The minimum atomic E-state index is -0.952. The fourth-order valence-electron chi connectivity index (χ4n) is 4.50. The molecule has 5 rings (SSSR count). The molecule has 2 aliphatic rings. The summed E-state index contributed by atoms with van der Waals surface area (Å²) in [4.78, 5) is 42.0. The molecule has 2 amide bonds. The molecule has 2 aromatic carbocycles. The summed E-state index contributed by atoms with van der Waals surface area (Å²) in [5, 5.41) is 14.0. The average Bonchev–Trinajstić information content (AvgIpc) is 3.49. The minimum absolute atomic E-state index is 0.0162. The van der Waals surface area contributed by atoms with Gasteiger partial charge in [0.15, 0.2) is 0 Å². The van der Waals surface area contributed by atoms with Crippen molar-refractivity contribution in [3.63, 3.8) is 0 Å². The number of thiazole rings is 1. The summed E-state index contributed by atoms with van der Waals surface area (Å²) < 4.78 is 5.54. The lowest BCUT2D eigenvalue weighted by atomic mass is 9.98. The molecule has 2 heterocycles. The Hall–Kier alpha value is -3.98. The predicted molar refractivity (Wildman–Crippen MR) is 130 cm³/mol. The topological polar surface area (TPSA) is 109 Å². The Morgan fingerprint density at radius 3 is 2.40 bits per heavy atom. The Bertz CT molecular complexity index is 1290. The molecular formula is C26H23N3O5S. The van der Waals surface area contributed by atoms with Crippen molar-refractivity contribution >= 4 is 29.3 Å². The molecule has 0 atom stereocenters. The first-order valence-electron chi connectivity index (χ1n) is 11.3. The summed E-state index contributed by atoms with van der Waals surface area (Å²) in [6, 6.07) is 16.3. The fraction of sp³-hybridized carbons (Fsp3) is 0.231. The maximum absolute atomic E-state index is 12.7. The highest BCUT2D eigenvalue weighted by molar-refractivity contribution is 7.09. The van der Waals surface area contributed by atoms with Crippen LogP contribution in [0.3, 0.4) is 0 Å². The number of amides is 2. The van der Waals surface area contributed by atoms with Crippen LogP contribution in [0.1, 0.15) is 39.0 Å². The monoisotopic (exact) mass is 489 g/mol. The van der Waals surface area contributed by atoms with Crippen molar-refractivity contribution in [2.24, 2.45) is 0 Å². The van der Waals surface area contributed by atoms with E-state index in [9.17, 15) is 14.4 Å². The summed E-state index contributed by atoms with van der Waals surface area (Å²) in [6.45, 7) is 0.952. The lowest BCUT2D eigenvalue weighted by Gasteiger charge is -2.24. The van der Waals surface area contributed by atoms with Gasteiger partial charge in [0, 0.05) is 30.0 Å². The molecule has 8 nitrogen and oxygen atoms in total. The van der Waals surface area contributed by atoms with Crippen LogP contribution in [0.2, 0.25) is 0 Å². The molecule has 178 valence electrons. The van der Waals surface area contributed by atoms with Crippen molar-refractivity contribution in [3.05, 3.63) is 87.4 Å². The van der Waals surface area contributed by atoms with Crippen molar-refractivity contribution in [2.75, 3.05) is 19.7 Å². The number of aromatic nitrogens is 1. The van der Waals surface area contributed by atoms with Crippen molar-refractivity contribution in [1.29, 1.82) is 0 Å². The number of hydrogen-bond donors (Lipinski definition) is 2. The second-order valence-electron chi connectivity index (χ2n) is 8.34. The van der Waals surface area contributed by atoms with Crippen LogP contribution in [0.5, 0.6) is 0 Å². The molecule has 1 aromatic heterocycles. The number of carbonyl (C=O) groups excluding carboxylic acids is 2. The lowest BCUT2D eigenvalue weighted by Crippen LogP contribution is -2.36. The average molecular weight is 490 g/mol. The molecule has 0 saturated heterocycles. The van der Waals surface area contributed by atoms with Crippen molar-refractivity contribution in [1.82, 2.24) is 15.2 Å². The first kappa shape index (κ1) is 22.8. The fourth-order valence-corrected chi connectivity index (χ4v) is 5.21. The molecule has 3 aromatic rings. The van der Waals surface area contributed by atoms with Crippen LogP contribution in [0, 0.1) is 0 Å². The number of carboxylic acid groups (broad SMARTS) is 1. The van der Waals surface area contributed by atoms with Gasteiger partial charge in [-0.15, -0.1) is 11.3 Å². The van der Waals surface area contributed by atoms with Crippen molar-refractivity contribution in [3.8, 4) is 11.1 Å². The van der Waals surface area contributed by atoms with Crippen LogP contribution in [0.4, 0.5) is 4.79 Å². The molecule has 1 aliphatic heterocycles. The minimum Gasteiger partial charge on any atom is -0.478 e. The van der Waals surface area contributed by atoms with E-state index < -0.39 is 12.1 Å². The van der Waals surface area contributed by atoms with Gasteiger partial charge in [-0.05, 0) is 28.7 Å². The number of nitrogens with one attached hydrogen (secondary N) is 1. The Balaban J connectivity index is 1.15. The number of ether oxygens (including phenoxy) is 1. The highest BCUT2D eigenvalue weighted by atomic mass is 32.1. The van der Waals surface area contributed by atoms with Gasteiger partial charge in [-0.2, -0.15) is 0 Å². The smallest absolute Gasteiger partial charge is 0.407 e. The van der Waals surface area contributed by atoms with Crippen LogP contribution in [-0.4, -0.2) is 52.7 Å². The van der Waals surface area contributed by atoms with E-state index in [1.807, 2.05) is 24.3 Å². The Kier molecular flexibility index (Phi) is 6.33. The van der Waals surface area contributed by atoms with Gasteiger partial charge in [-0.1, -0.05) is 54.6 Å². The highest BCUT2D eigenvalue weighted by Gasteiger charge is 2.29. The molecule has 0 fully saturated rings. The third kappa shape index (κ3) is 4.67. The summed E-state index contributed by atoms with van der Waals surface area (Å²) >= 11 is 1.28. The first-order chi connectivity index (χ1) is 17.0. The molecule has 0 bridgehead atoms. The molecule has 0 saturated carbocycles. The van der Waals surface area contributed by atoms with Gasteiger partial charge in [0.1, 0.15) is 17.3 Å². The second-order valence-corrected chi connectivity index (χ2v) is 9.28. The maximum atomic E-state index is 12.7. The van der Waals surface area contributed by atoms with E-state index in [1.54, 1.807) is 16.4 Å². The molecular weight excluding hydrogens is 466 g/mol. The van der Waals surface area contributed by atoms with E-state index >= 15 is 0 Å². The lowest BCUT2D eigenvalue weighted by molar-refractivity contribution is -0.133. The molecule has 2 N–H and O–H groups in total. The van der Waals surface area contributed by atoms with Gasteiger partial charge in [0.2, 0.25) is 0 Å². The quantitative estimate of drug-likeness (QED) is 0.541. The standard InChI is InChI=1S/C26H23N3O5S/c30-24(29-11-9-16(10-12-29)25(31)32)22-15-35-23(28-22)13-27-26(33)34-14-21-19-7-3-1-5-17(19)18-6-2-4-8-20(18)21/h1-9,15,21H,10-14H2,(H,27,33)(H,31,32). The zero-order valence-electron chi connectivity index (χ0n) is 18.8. The number of benzene rings is 2. The van der Waals surface area contributed by atoms with Gasteiger partial charge in [0.25, 0.3) is 5.91 Å². The van der Waals surface area contributed by atoms with E-state index in [-0.39, 0.29) is 37.2 Å². The first-order valence-corrected chi connectivity index (χ1v) is 12.1. The summed E-state index contributed by atoms with van der Waals surface area (Å²) in [5.41, 5.74) is 5.23. The van der Waals surface area contributed by atoms with Crippen molar-refractivity contribution in [2.45, 2.75) is 18.9 Å². The Labute approximate surface area is 205 Å². The number of nitrogens with zero attached hydrogens (tertiary/aromatic N) is 2. The Morgan fingerprint density at radius 1 is 1.09 bits per heavy atom. The molecule has 1 aliphatic carbocycles. The number of carbonyl (C=O) groups is 3. The van der Waals surface area contributed by atoms with Crippen LogP contribution in [0.25, 0.3) is 11.1 Å². The van der Waals surface area contributed by atoms with E-state index in [2.05, 4.69) is 34.6 Å². The van der Waals surface area contributed by atoms with Crippen LogP contribution in [-0.2, 0) is 16.1 Å². The maximum Gasteiger partial charge on any atom is 0.407 e. The predicted octanol–water partition coefficient (Wildman–Crippen LogP) is 4.04. The summed E-state index contributed by atoms with van der Waals surface area (Å²) in [7, 11) is 0. The van der Waals surface area contributed by atoms with Gasteiger partial charge in [-0.3, -0.25) is 4.79 Å². The van der Waals surface area contributed by atoms with E-state index in [1.165, 1.54) is 22.5 Å². The molecule has 35 heavy (non-hydrogen) atoms. The van der Waals surface area contributed by atoms with E-state index in [0.29, 0.717) is 23.5 Å². The summed E-state index contributed by atoms with van der Waals surface area (Å²) in [5.74, 6) is -1.22. The summed E-state index contributed by atoms with van der Waals surface area (Å²) in [6.07, 6.45) is 1.31. The van der Waals surface area contributed by atoms with Crippen molar-refractivity contribution < 1.29 is 24.2 Å². The van der Waals surface area contributed by atoms with Gasteiger partial charge >= 0.3 is 12.1 Å². The molecule has 0 radical (unpaired) electrons. The molecule has 0 unspecified atom stereocenters. The molecule has 9 heteroatoms.